The Bertz CT molecular complexity index is 1170. The van der Waals surface area contributed by atoms with Gasteiger partial charge in [-0.2, -0.15) is 19.6 Å². The normalized spacial score (nSPS) is 15.5. The van der Waals surface area contributed by atoms with Gasteiger partial charge in [0.05, 0.1) is 24.2 Å². The lowest BCUT2D eigenvalue weighted by Crippen LogP contribution is -2.55. The van der Waals surface area contributed by atoms with E-state index in [-0.39, 0.29) is 24.5 Å². The number of hydrogen-bond donors (Lipinski definition) is 3. The monoisotopic (exact) mass is 471 g/mol. The molecule has 0 aliphatic carbocycles. The van der Waals surface area contributed by atoms with Gasteiger partial charge in [0, 0.05) is 37.3 Å². The minimum Gasteiger partial charge on any atom is -0.483 e. The maximum atomic E-state index is 12.9. The van der Waals surface area contributed by atoms with Crippen LogP contribution in [0.2, 0.25) is 0 Å². The van der Waals surface area contributed by atoms with Gasteiger partial charge in [-0.15, -0.1) is 0 Å². The number of nitrogens with one attached hydrogen (secondary N) is 1. The van der Waals surface area contributed by atoms with Gasteiger partial charge < -0.3 is 30.7 Å². The fourth-order valence-electron chi connectivity index (χ4n) is 3.71. The van der Waals surface area contributed by atoms with E-state index in [1.165, 1.54) is 0 Å². The first-order chi connectivity index (χ1) is 16.3. The Hall–Kier alpha value is -4.16. The number of amides is 2. The Balaban J connectivity index is 0.00000103. The van der Waals surface area contributed by atoms with Crippen molar-refractivity contribution in [3.05, 3.63) is 29.6 Å². The number of carboxylic acid groups (broad SMARTS) is 1. The van der Waals surface area contributed by atoms with Gasteiger partial charge in [0.2, 0.25) is 17.8 Å². The first kappa shape index (κ1) is 24.5. The summed E-state index contributed by atoms with van der Waals surface area (Å²) in [5.74, 6) is 1.39. The molecule has 0 radical (unpaired) electrons. The number of nitrogens with zero attached hydrogens (tertiary/aromatic N) is 7. The lowest BCUT2D eigenvalue weighted by molar-refractivity contribution is -0.122. The van der Waals surface area contributed by atoms with E-state index in [1.54, 1.807) is 21.7 Å². The third kappa shape index (κ3) is 5.24. The van der Waals surface area contributed by atoms with E-state index in [9.17, 15) is 4.79 Å². The molecular formula is C21H29N9O4. The predicted molar refractivity (Wildman–Crippen MR) is 126 cm³/mol. The lowest BCUT2D eigenvalue weighted by Gasteiger charge is -2.40. The van der Waals surface area contributed by atoms with Crippen molar-refractivity contribution in [1.82, 2.24) is 29.5 Å². The van der Waals surface area contributed by atoms with Gasteiger partial charge in [-0.25, -0.2) is 9.78 Å². The number of carbonyl (C=O) groups is 2. The number of anilines is 3. The summed E-state index contributed by atoms with van der Waals surface area (Å²) in [5, 5.41) is 14.2. The summed E-state index contributed by atoms with van der Waals surface area (Å²) in [6.07, 6.45) is 1.74. The number of carbonyl (C=O) groups excluding carboxylic acids is 1. The summed E-state index contributed by atoms with van der Waals surface area (Å²) < 4.78 is 7.11. The number of ether oxygens (including phenoxy) is 1. The Morgan fingerprint density at radius 1 is 1.29 bits per heavy atom. The van der Waals surface area contributed by atoms with Crippen molar-refractivity contribution in [2.75, 3.05) is 42.2 Å². The average molecular weight is 472 g/mol. The van der Waals surface area contributed by atoms with Crippen molar-refractivity contribution in [2.45, 2.75) is 33.7 Å². The maximum Gasteiger partial charge on any atom is 0.322 e. The quantitative estimate of drug-likeness (QED) is 0.476. The van der Waals surface area contributed by atoms with Crippen LogP contribution in [0.1, 0.15) is 25.1 Å². The van der Waals surface area contributed by atoms with E-state index in [0.29, 0.717) is 55.1 Å². The standard InChI is InChI=1S/C20H27N9O2.CH2O2/c1-5-31-16-7-6-15(14(4)23-16)24-20(30)27-8-9-28(13(3)11-27)19-26-18(21)25-17-12(2)10-22-29(17)19;2-1-3/h6-7,10,13H,5,8-9,11H2,1-4H3,(H2,21,25)(H,24,30);1H,(H,2,3)/t13-;/m0./s1. The van der Waals surface area contributed by atoms with E-state index in [1.807, 2.05) is 33.8 Å². The van der Waals surface area contributed by atoms with Crippen molar-refractivity contribution in [3.63, 3.8) is 0 Å². The second-order valence-electron chi connectivity index (χ2n) is 7.68. The molecule has 34 heavy (non-hydrogen) atoms. The van der Waals surface area contributed by atoms with Crippen LogP contribution >= 0.6 is 0 Å². The zero-order chi connectivity index (χ0) is 24.8. The van der Waals surface area contributed by atoms with Crippen molar-refractivity contribution in [3.8, 4) is 5.88 Å². The number of pyridine rings is 1. The third-order valence-electron chi connectivity index (χ3n) is 5.31. The molecular weight excluding hydrogens is 442 g/mol. The lowest BCUT2D eigenvalue weighted by atomic mass is 10.2. The molecule has 0 unspecified atom stereocenters. The highest BCUT2D eigenvalue weighted by atomic mass is 16.5. The first-order valence-electron chi connectivity index (χ1n) is 10.8. The molecule has 13 heteroatoms. The number of nitrogens with two attached hydrogens (primary N) is 1. The van der Waals surface area contributed by atoms with Crippen LogP contribution in [0.25, 0.3) is 5.65 Å². The Labute approximate surface area is 196 Å². The molecule has 4 N–H and O–H groups in total. The minimum atomic E-state index is -0.250. The molecule has 1 fully saturated rings. The Morgan fingerprint density at radius 2 is 2.03 bits per heavy atom. The smallest absolute Gasteiger partial charge is 0.322 e. The number of aryl methyl sites for hydroxylation is 2. The third-order valence-corrected chi connectivity index (χ3v) is 5.31. The van der Waals surface area contributed by atoms with Crippen LogP contribution in [0.5, 0.6) is 5.88 Å². The first-order valence-corrected chi connectivity index (χ1v) is 10.8. The van der Waals surface area contributed by atoms with Gasteiger partial charge >= 0.3 is 6.03 Å². The summed E-state index contributed by atoms with van der Waals surface area (Å²) in [6.45, 7) is 9.68. The number of aromatic nitrogens is 5. The summed E-state index contributed by atoms with van der Waals surface area (Å²) in [4.78, 5) is 38.2. The van der Waals surface area contributed by atoms with Crippen molar-refractivity contribution in [2.24, 2.45) is 0 Å². The summed E-state index contributed by atoms with van der Waals surface area (Å²) >= 11 is 0. The molecule has 13 nitrogen and oxygen atoms in total. The highest BCUT2D eigenvalue weighted by molar-refractivity contribution is 5.90. The van der Waals surface area contributed by atoms with Crippen LogP contribution in [0.15, 0.2) is 18.3 Å². The van der Waals surface area contributed by atoms with Crippen molar-refractivity contribution in [1.29, 1.82) is 0 Å². The van der Waals surface area contributed by atoms with Crippen LogP contribution in [0.3, 0.4) is 0 Å². The fraction of sp³-hybridized carbons (Fsp3) is 0.429. The Kier molecular flexibility index (Phi) is 7.66. The summed E-state index contributed by atoms with van der Waals surface area (Å²) in [7, 11) is 0. The molecule has 1 aliphatic heterocycles. The van der Waals surface area contributed by atoms with E-state index >= 15 is 0 Å². The molecule has 4 heterocycles. The second-order valence-corrected chi connectivity index (χ2v) is 7.68. The topological polar surface area (TPSA) is 164 Å². The highest BCUT2D eigenvalue weighted by Crippen LogP contribution is 2.23. The number of rotatable bonds is 4. The van der Waals surface area contributed by atoms with E-state index < -0.39 is 0 Å². The molecule has 4 rings (SSSR count). The number of urea groups is 1. The molecule has 2 amide bonds. The number of piperazine rings is 1. The van der Waals surface area contributed by atoms with Crippen LogP contribution in [-0.2, 0) is 4.79 Å². The zero-order valence-corrected chi connectivity index (χ0v) is 19.6. The van der Waals surface area contributed by atoms with Crippen LogP contribution < -0.4 is 20.7 Å². The molecule has 3 aromatic heterocycles. The van der Waals surface area contributed by atoms with Gasteiger partial charge in [0.1, 0.15) is 0 Å². The molecule has 1 aliphatic rings. The minimum absolute atomic E-state index is 0.0149. The molecule has 0 saturated carbocycles. The molecule has 1 atom stereocenters. The average Bonchev–Trinajstić information content (AvgIpc) is 3.16. The SMILES string of the molecule is CCOc1ccc(NC(=O)N2CCN(c3nc(N)nc4c(C)cnn34)[C@@H](C)C2)c(C)n1.O=CO. The zero-order valence-electron chi connectivity index (χ0n) is 19.6. The molecule has 0 aromatic carbocycles. The predicted octanol–water partition coefficient (Wildman–Crippen LogP) is 1.56. The summed E-state index contributed by atoms with van der Waals surface area (Å²) in [5.41, 5.74) is 8.92. The van der Waals surface area contributed by atoms with Crippen molar-refractivity contribution >= 4 is 35.7 Å². The number of nitrogen functional groups attached to an aromatic ring is 1. The molecule has 0 spiro atoms. The van der Waals surface area contributed by atoms with Gasteiger partial charge in [-0.05, 0) is 33.8 Å². The molecule has 0 bridgehead atoms. The van der Waals surface area contributed by atoms with Gasteiger partial charge in [0.15, 0.2) is 5.65 Å². The van der Waals surface area contributed by atoms with Gasteiger partial charge in [0.25, 0.3) is 6.47 Å². The van der Waals surface area contributed by atoms with Crippen LogP contribution in [0, 0.1) is 13.8 Å². The number of hydrogen-bond acceptors (Lipinski definition) is 9. The number of fused-ring (bicyclic) bond motifs is 1. The Morgan fingerprint density at radius 3 is 2.68 bits per heavy atom. The fourth-order valence-corrected chi connectivity index (χ4v) is 3.71. The second kappa shape index (κ2) is 10.6. The van der Waals surface area contributed by atoms with E-state index in [2.05, 4.69) is 30.3 Å². The highest BCUT2D eigenvalue weighted by Gasteiger charge is 2.30. The largest absolute Gasteiger partial charge is 0.483 e. The summed E-state index contributed by atoms with van der Waals surface area (Å²) in [6, 6.07) is 3.42. The maximum absolute atomic E-state index is 12.9. The van der Waals surface area contributed by atoms with E-state index in [0.717, 1.165) is 5.56 Å². The van der Waals surface area contributed by atoms with E-state index in [4.69, 9.17) is 20.4 Å². The van der Waals surface area contributed by atoms with Crippen LogP contribution in [0.4, 0.5) is 22.4 Å². The van der Waals surface area contributed by atoms with Crippen LogP contribution in [-0.4, -0.2) is 79.4 Å². The van der Waals surface area contributed by atoms with Gasteiger partial charge in [-0.1, -0.05) is 0 Å². The molecule has 3 aromatic rings. The van der Waals surface area contributed by atoms with Gasteiger partial charge in [-0.3, -0.25) is 4.79 Å². The molecule has 182 valence electrons. The molecule has 1 saturated heterocycles. The van der Waals surface area contributed by atoms with Crippen molar-refractivity contribution < 1.29 is 19.4 Å².